The van der Waals surface area contributed by atoms with Crippen LogP contribution in [-0.4, -0.2) is 45.2 Å². The van der Waals surface area contributed by atoms with Crippen LogP contribution in [0.4, 0.5) is 0 Å². The van der Waals surface area contributed by atoms with Crippen LogP contribution >= 0.6 is 0 Å². The zero-order valence-electron chi connectivity index (χ0n) is 18.9. The molecule has 2 heterocycles. The molecule has 2 atom stereocenters. The maximum Gasteiger partial charge on any atom is 0.122 e. The van der Waals surface area contributed by atoms with Gasteiger partial charge in [-0.15, -0.1) is 0 Å². The molecule has 0 saturated carbocycles. The summed E-state index contributed by atoms with van der Waals surface area (Å²) in [4.78, 5) is 5.16. The second-order valence-corrected chi connectivity index (χ2v) is 9.54. The van der Waals surface area contributed by atoms with E-state index in [4.69, 9.17) is 0 Å². The molecule has 0 aromatic heterocycles. The van der Waals surface area contributed by atoms with E-state index in [0.717, 1.165) is 48.4 Å². The summed E-state index contributed by atoms with van der Waals surface area (Å²) in [5.74, 6) is 0.907. The van der Waals surface area contributed by atoms with Gasteiger partial charge in [-0.2, -0.15) is 0 Å². The molecule has 30 heavy (non-hydrogen) atoms. The fourth-order valence-electron chi connectivity index (χ4n) is 5.74. The average molecular weight is 409 g/mol. The van der Waals surface area contributed by atoms with Gasteiger partial charge >= 0.3 is 0 Å². The van der Waals surface area contributed by atoms with Crippen LogP contribution in [0.3, 0.4) is 0 Å². The molecule has 4 heteroatoms. The number of likely N-dealkylation sites (tertiary alicyclic amines) is 2. The van der Waals surface area contributed by atoms with Gasteiger partial charge in [0, 0.05) is 36.3 Å². The fourth-order valence-corrected chi connectivity index (χ4v) is 5.74. The van der Waals surface area contributed by atoms with Crippen LogP contribution in [0.1, 0.15) is 59.1 Å². The number of aromatic hydroxyl groups is 2. The van der Waals surface area contributed by atoms with E-state index in [-0.39, 0.29) is 0 Å². The molecule has 0 aliphatic carbocycles. The Bertz CT molecular complexity index is 848. The molecule has 2 aromatic rings. The first-order valence-corrected chi connectivity index (χ1v) is 11.4. The molecular formula is C26H36N2O2. The standard InChI is InChI=1S/C26H36N2O2/c1-17-11-19(3)25(29)21(13-17)15-27-9-5-7-23(27)24-8-6-10-28(24)16-22-14-18(2)12-20(4)26(22)30/h11-14,23-24,29-30H,5-10,15-16H2,1-4H3/t23-,24-/m1/s1. The molecule has 2 aliphatic heterocycles. The van der Waals surface area contributed by atoms with Gasteiger partial charge in [0.2, 0.25) is 0 Å². The first-order valence-electron chi connectivity index (χ1n) is 11.4. The second kappa shape index (κ2) is 8.60. The molecule has 0 radical (unpaired) electrons. The van der Waals surface area contributed by atoms with Crippen molar-refractivity contribution in [3.8, 4) is 11.5 Å². The second-order valence-electron chi connectivity index (χ2n) is 9.54. The van der Waals surface area contributed by atoms with Gasteiger partial charge in [-0.25, -0.2) is 0 Å². The van der Waals surface area contributed by atoms with E-state index in [1.54, 1.807) is 0 Å². The van der Waals surface area contributed by atoms with Crippen molar-refractivity contribution in [2.24, 2.45) is 0 Å². The number of phenols is 2. The van der Waals surface area contributed by atoms with Gasteiger partial charge in [0.05, 0.1) is 0 Å². The molecule has 2 saturated heterocycles. The molecule has 2 aromatic carbocycles. The highest BCUT2D eigenvalue weighted by molar-refractivity contribution is 5.43. The largest absolute Gasteiger partial charge is 0.507 e. The summed E-state index contributed by atoms with van der Waals surface area (Å²) in [5, 5.41) is 21.2. The molecule has 0 bridgehead atoms. The van der Waals surface area contributed by atoms with Gasteiger partial charge in [0.1, 0.15) is 11.5 Å². The normalized spacial score (nSPS) is 22.8. The molecule has 4 rings (SSSR count). The number of rotatable bonds is 5. The first kappa shape index (κ1) is 21.2. The summed E-state index contributed by atoms with van der Waals surface area (Å²) in [6, 6.07) is 9.40. The summed E-state index contributed by atoms with van der Waals surface area (Å²) in [5.41, 5.74) is 6.46. The Kier molecular flexibility index (Phi) is 6.08. The van der Waals surface area contributed by atoms with E-state index in [1.165, 1.54) is 36.8 Å². The lowest BCUT2D eigenvalue weighted by molar-refractivity contribution is 0.123. The third-order valence-electron chi connectivity index (χ3n) is 7.07. The van der Waals surface area contributed by atoms with Crippen molar-refractivity contribution in [3.05, 3.63) is 57.6 Å². The van der Waals surface area contributed by atoms with Crippen molar-refractivity contribution in [2.45, 2.75) is 78.6 Å². The molecule has 2 aliphatic rings. The van der Waals surface area contributed by atoms with Crippen molar-refractivity contribution >= 4 is 0 Å². The Hall–Kier alpha value is -2.04. The quantitative estimate of drug-likeness (QED) is 0.734. The number of hydrogen-bond acceptors (Lipinski definition) is 4. The van der Waals surface area contributed by atoms with Crippen LogP contribution in [0, 0.1) is 27.7 Å². The SMILES string of the molecule is Cc1cc(C)c(O)c(CN2CCC[C@@H]2[C@H]2CCCN2Cc2cc(C)cc(C)c2O)c1. The number of benzene rings is 2. The summed E-state index contributed by atoms with van der Waals surface area (Å²) in [7, 11) is 0. The topological polar surface area (TPSA) is 46.9 Å². The van der Waals surface area contributed by atoms with Crippen molar-refractivity contribution in [3.63, 3.8) is 0 Å². The third-order valence-corrected chi connectivity index (χ3v) is 7.07. The average Bonchev–Trinajstić information content (AvgIpc) is 3.32. The lowest BCUT2D eigenvalue weighted by atomic mass is 10.00. The van der Waals surface area contributed by atoms with Crippen molar-refractivity contribution in [2.75, 3.05) is 13.1 Å². The van der Waals surface area contributed by atoms with E-state index in [0.29, 0.717) is 23.6 Å². The van der Waals surface area contributed by atoms with Crippen LogP contribution in [0.5, 0.6) is 11.5 Å². The van der Waals surface area contributed by atoms with Gasteiger partial charge in [-0.05, 0) is 77.6 Å². The zero-order valence-corrected chi connectivity index (χ0v) is 18.9. The van der Waals surface area contributed by atoms with Crippen LogP contribution in [-0.2, 0) is 13.1 Å². The van der Waals surface area contributed by atoms with Crippen LogP contribution < -0.4 is 0 Å². The summed E-state index contributed by atoms with van der Waals surface area (Å²) < 4.78 is 0. The summed E-state index contributed by atoms with van der Waals surface area (Å²) in [6.45, 7) is 12.0. The molecule has 0 amide bonds. The minimum Gasteiger partial charge on any atom is -0.507 e. The lowest BCUT2D eigenvalue weighted by Gasteiger charge is -2.35. The molecule has 2 fully saturated rings. The predicted molar refractivity (Wildman–Crippen MR) is 122 cm³/mol. The number of aryl methyl sites for hydroxylation is 4. The third kappa shape index (κ3) is 4.21. The number of hydrogen-bond donors (Lipinski definition) is 2. The Morgan fingerprint density at radius 2 is 1.10 bits per heavy atom. The van der Waals surface area contributed by atoms with E-state index in [2.05, 4.69) is 47.9 Å². The highest BCUT2D eigenvalue weighted by atomic mass is 16.3. The smallest absolute Gasteiger partial charge is 0.122 e. The van der Waals surface area contributed by atoms with Crippen molar-refractivity contribution < 1.29 is 10.2 Å². The highest BCUT2D eigenvalue weighted by Gasteiger charge is 2.38. The Balaban J connectivity index is 1.52. The summed E-state index contributed by atoms with van der Waals surface area (Å²) in [6.07, 6.45) is 4.86. The van der Waals surface area contributed by atoms with Crippen LogP contribution in [0.2, 0.25) is 0 Å². The van der Waals surface area contributed by atoms with E-state index in [9.17, 15) is 10.2 Å². The molecule has 4 nitrogen and oxygen atoms in total. The molecule has 0 unspecified atom stereocenters. The van der Waals surface area contributed by atoms with Crippen LogP contribution in [0.15, 0.2) is 24.3 Å². The van der Waals surface area contributed by atoms with E-state index >= 15 is 0 Å². The molecular weight excluding hydrogens is 372 g/mol. The minimum atomic E-state index is 0.453. The van der Waals surface area contributed by atoms with Gasteiger partial charge < -0.3 is 10.2 Å². The van der Waals surface area contributed by atoms with Gasteiger partial charge in [0.15, 0.2) is 0 Å². The number of nitrogens with zero attached hydrogens (tertiary/aromatic N) is 2. The van der Waals surface area contributed by atoms with Gasteiger partial charge in [0.25, 0.3) is 0 Å². The van der Waals surface area contributed by atoms with Crippen LogP contribution in [0.25, 0.3) is 0 Å². The zero-order chi connectivity index (χ0) is 21.4. The highest BCUT2D eigenvalue weighted by Crippen LogP contribution is 2.35. The lowest BCUT2D eigenvalue weighted by Crippen LogP contribution is -2.45. The Morgan fingerprint density at radius 3 is 1.50 bits per heavy atom. The van der Waals surface area contributed by atoms with E-state index < -0.39 is 0 Å². The van der Waals surface area contributed by atoms with Gasteiger partial charge in [-0.3, -0.25) is 9.80 Å². The molecule has 2 N–H and O–H groups in total. The summed E-state index contributed by atoms with van der Waals surface area (Å²) >= 11 is 0. The number of phenolic OH excluding ortho intramolecular Hbond substituents is 2. The predicted octanol–water partition coefficient (Wildman–Crippen LogP) is 4.96. The fraction of sp³-hybridized carbons (Fsp3) is 0.538. The monoisotopic (exact) mass is 408 g/mol. The minimum absolute atomic E-state index is 0.453. The van der Waals surface area contributed by atoms with E-state index in [1.807, 2.05) is 13.8 Å². The Labute approximate surface area is 181 Å². The molecule has 0 spiro atoms. The maximum atomic E-state index is 10.6. The first-order chi connectivity index (χ1) is 14.3. The van der Waals surface area contributed by atoms with Crippen molar-refractivity contribution in [1.82, 2.24) is 9.80 Å². The maximum absolute atomic E-state index is 10.6. The Morgan fingerprint density at radius 1 is 0.700 bits per heavy atom. The van der Waals surface area contributed by atoms with Gasteiger partial charge in [-0.1, -0.05) is 35.4 Å². The molecule has 162 valence electrons. The van der Waals surface area contributed by atoms with Crippen molar-refractivity contribution in [1.29, 1.82) is 0 Å².